The fourth-order valence-corrected chi connectivity index (χ4v) is 2.58. The van der Waals surface area contributed by atoms with Crippen LogP contribution in [0.2, 0.25) is 0 Å². The first-order valence-corrected chi connectivity index (χ1v) is 6.07. The molecule has 1 aliphatic rings. The van der Waals surface area contributed by atoms with Crippen molar-refractivity contribution in [2.45, 2.75) is 12.5 Å². The summed E-state index contributed by atoms with van der Waals surface area (Å²) in [5.41, 5.74) is 1.22. The van der Waals surface area contributed by atoms with E-state index in [9.17, 15) is 0 Å². The first-order valence-electron chi connectivity index (χ1n) is 4.74. The van der Waals surface area contributed by atoms with Crippen LogP contribution >= 0.6 is 27.5 Å². The fourth-order valence-electron chi connectivity index (χ4n) is 1.84. The van der Waals surface area contributed by atoms with Crippen LogP contribution in [0.15, 0.2) is 28.7 Å². The van der Waals surface area contributed by atoms with E-state index in [0.717, 1.165) is 17.5 Å². The molecule has 1 aliphatic heterocycles. The van der Waals surface area contributed by atoms with Crippen LogP contribution in [0, 0.1) is 5.92 Å². The molecule has 0 radical (unpaired) electrons. The Morgan fingerprint density at radius 3 is 3.07 bits per heavy atom. The molecule has 1 nitrogen and oxygen atoms in total. The Hall–Kier alpha value is -0.0500. The Morgan fingerprint density at radius 1 is 1.50 bits per heavy atom. The predicted octanol–water partition coefficient (Wildman–Crippen LogP) is 3.77. The first-order chi connectivity index (χ1) is 6.81. The molecule has 0 aliphatic carbocycles. The van der Waals surface area contributed by atoms with Crippen LogP contribution in [0.25, 0.3) is 0 Å². The second-order valence-corrected chi connectivity index (χ2v) is 4.77. The van der Waals surface area contributed by atoms with E-state index < -0.39 is 0 Å². The third-order valence-electron chi connectivity index (χ3n) is 2.59. The third kappa shape index (κ3) is 2.13. The van der Waals surface area contributed by atoms with Crippen molar-refractivity contribution in [1.82, 2.24) is 0 Å². The monoisotopic (exact) mass is 274 g/mol. The highest BCUT2D eigenvalue weighted by Crippen LogP contribution is 2.35. The van der Waals surface area contributed by atoms with Crippen LogP contribution in [0.5, 0.6) is 0 Å². The number of halogens is 2. The van der Waals surface area contributed by atoms with E-state index >= 15 is 0 Å². The molecule has 0 spiro atoms. The lowest BCUT2D eigenvalue weighted by Gasteiger charge is -2.16. The quantitative estimate of drug-likeness (QED) is 0.747. The molecule has 0 amide bonds. The molecule has 0 saturated carbocycles. The van der Waals surface area contributed by atoms with Gasteiger partial charge in [-0.1, -0.05) is 28.1 Å². The zero-order chi connectivity index (χ0) is 9.97. The lowest BCUT2D eigenvalue weighted by Crippen LogP contribution is -2.08. The summed E-state index contributed by atoms with van der Waals surface area (Å²) in [6.45, 7) is 0.828. The molecule has 3 heteroatoms. The highest BCUT2D eigenvalue weighted by molar-refractivity contribution is 9.10. The maximum atomic E-state index is 5.90. The Morgan fingerprint density at radius 2 is 2.36 bits per heavy atom. The number of benzene rings is 1. The van der Waals surface area contributed by atoms with Crippen LogP contribution in [-0.4, -0.2) is 12.5 Å². The summed E-state index contributed by atoms with van der Waals surface area (Å²) in [5, 5.41) is 0. The van der Waals surface area contributed by atoms with Gasteiger partial charge in [-0.3, -0.25) is 0 Å². The van der Waals surface area contributed by atoms with Gasteiger partial charge in [-0.05, 0) is 24.1 Å². The molecule has 0 aromatic heterocycles. The number of hydrogen-bond acceptors (Lipinski definition) is 1. The molecule has 14 heavy (non-hydrogen) atoms. The van der Waals surface area contributed by atoms with Gasteiger partial charge in [0.1, 0.15) is 0 Å². The van der Waals surface area contributed by atoms with Crippen LogP contribution in [0.4, 0.5) is 0 Å². The zero-order valence-corrected chi connectivity index (χ0v) is 10.1. The summed E-state index contributed by atoms with van der Waals surface area (Å²) < 4.78 is 6.79. The Balaban J connectivity index is 2.21. The van der Waals surface area contributed by atoms with Gasteiger partial charge in [0.25, 0.3) is 0 Å². The SMILES string of the molecule is ClCC1CCOC1c1cccc(Br)c1. The molecule has 2 unspecified atom stereocenters. The summed E-state index contributed by atoms with van der Waals surface area (Å²) in [7, 11) is 0. The van der Waals surface area contributed by atoms with Crippen LogP contribution in [0.1, 0.15) is 18.1 Å². The molecule has 1 aromatic rings. The van der Waals surface area contributed by atoms with E-state index in [1.165, 1.54) is 5.56 Å². The summed E-state index contributed by atoms with van der Waals surface area (Å²) >= 11 is 9.36. The molecular formula is C11H12BrClO. The van der Waals surface area contributed by atoms with Crippen molar-refractivity contribution < 1.29 is 4.74 Å². The average Bonchev–Trinajstić information content (AvgIpc) is 2.65. The number of alkyl halides is 1. The number of ether oxygens (including phenoxy) is 1. The second kappa shape index (κ2) is 4.65. The van der Waals surface area contributed by atoms with Gasteiger partial charge in [-0.25, -0.2) is 0 Å². The van der Waals surface area contributed by atoms with Crippen molar-refractivity contribution in [3.8, 4) is 0 Å². The predicted molar refractivity (Wildman–Crippen MR) is 61.7 cm³/mol. The molecule has 2 atom stereocenters. The maximum absolute atomic E-state index is 5.90. The number of hydrogen-bond donors (Lipinski definition) is 0. The van der Waals surface area contributed by atoms with Crippen LogP contribution in [0.3, 0.4) is 0 Å². The highest BCUT2D eigenvalue weighted by atomic mass is 79.9. The fraction of sp³-hybridized carbons (Fsp3) is 0.455. The standard InChI is InChI=1S/C11H12BrClO/c12-10-3-1-2-8(6-10)11-9(7-13)4-5-14-11/h1-3,6,9,11H,4-5,7H2. The van der Waals surface area contributed by atoms with Gasteiger partial charge in [0.15, 0.2) is 0 Å². The second-order valence-electron chi connectivity index (χ2n) is 3.55. The van der Waals surface area contributed by atoms with E-state index in [2.05, 4.69) is 28.1 Å². The largest absolute Gasteiger partial charge is 0.373 e. The van der Waals surface area contributed by atoms with Crippen molar-refractivity contribution in [2.75, 3.05) is 12.5 Å². The van der Waals surface area contributed by atoms with Gasteiger partial charge in [0.05, 0.1) is 6.10 Å². The van der Waals surface area contributed by atoms with Crippen molar-refractivity contribution in [3.05, 3.63) is 34.3 Å². The van der Waals surface area contributed by atoms with Crippen LogP contribution < -0.4 is 0 Å². The maximum Gasteiger partial charge on any atom is 0.0865 e. The van der Waals surface area contributed by atoms with E-state index in [1.54, 1.807) is 0 Å². The highest BCUT2D eigenvalue weighted by Gasteiger charge is 2.28. The zero-order valence-electron chi connectivity index (χ0n) is 7.75. The van der Waals surface area contributed by atoms with Gasteiger partial charge in [0, 0.05) is 22.9 Å². The summed E-state index contributed by atoms with van der Waals surface area (Å²) in [6, 6.07) is 8.26. The van der Waals surface area contributed by atoms with E-state index in [0.29, 0.717) is 11.8 Å². The normalized spacial score (nSPS) is 26.7. The van der Waals surface area contributed by atoms with Crippen molar-refractivity contribution in [3.63, 3.8) is 0 Å². The van der Waals surface area contributed by atoms with Crippen molar-refractivity contribution in [1.29, 1.82) is 0 Å². The molecule has 76 valence electrons. The van der Waals surface area contributed by atoms with E-state index in [4.69, 9.17) is 16.3 Å². The molecule has 1 aromatic carbocycles. The minimum Gasteiger partial charge on any atom is -0.373 e. The van der Waals surface area contributed by atoms with Gasteiger partial charge >= 0.3 is 0 Å². The smallest absolute Gasteiger partial charge is 0.0865 e. The van der Waals surface area contributed by atoms with E-state index in [-0.39, 0.29) is 6.10 Å². The Kier molecular flexibility index (Phi) is 3.47. The summed E-state index contributed by atoms with van der Waals surface area (Å²) in [4.78, 5) is 0. The topological polar surface area (TPSA) is 9.23 Å². The molecule has 2 rings (SSSR count). The van der Waals surface area contributed by atoms with Gasteiger partial charge in [-0.15, -0.1) is 11.6 Å². The molecule has 0 bridgehead atoms. The van der Waals surface area contributed by atoms with Crippen molar-refractivity contribution >= 4 is 27.5 Å². The van der Waals surface area contributed by atoms with Gasteiger partial charge < -0.3 is 4.74 Å². The number of rotatable bonds is 2. The Bertz CT molecular complexity index is 316. The van der Waals surface area contributed by atoms with Gasteiger partial charge in [0.2, 0.25) is 0 Å². The lowest BCUT2D eigenvalue weighted by molar-refractivity contribution is 0.0951. The molecular weight excluding hydrogens is 263 g/mol. The molecule has 0 N–H and O–H groups in total. The Labute approximate surface area is 97.5 Å². The average molecular weight is 276 g/mol. The molecule has 1 saturated heterocycles. The summed E-state index contributed by atoms with van der Waals surface area (Å²) in [6.07, 6.45) is 1.26. The molecule has 1 heterocycles. The minimum atomic E-state index is 0.185. The van der Waals surface area contributed by atoms with Crippen LogP contribution in [-0.2, 0) is 4.74 Å². The molecule has 1 fully saturated rings. The van der Waals surface area contributed by atoms with Gasteiger partial charge in [-0.2, -0.15) is 0 Å². The van der Waals surface area contributed by atoms with Crippen molar-refractivity contribution in [2.24, 2.45) is 5.92 Å². The first kappa shape index (κ1) is 10.5. The third-order valence-corrected chi connectivity index (χ3v) is 3.48. The summed E-state index contributed by atoms with van der Waals surface area (Å²) in [5.74, 6) is 1.14. The minimum absolute atomic E-state index is 0.185. The lowest BCUT2D eigenvalue weighted by atomic mass is 9.97. The van der Waals surface area contributed by atoms with E-state index in [1.807, 2.05) is 12.1 Å².